The van der Waals surface area contributed by atoms with Crippen molar-refractivity contribution in [3.8, 4) is 0 Å². The quantitative estimate of drug-likeness (QED) is 0.514. The number of thiol groups is 2. The van der Waals surface area contributed by atoms with E-state index < -0.39 is 4.58 Å². The third-order valence-electron chi connectivity index (χ3n) is 1.47. The second kappa shape index (κ2) is 6.54. The van der Waals surface area contributed by atoms with E-state index >= 15 is 0 Å². The zero-order valence-electron chi connectivity index (χ0n) is 7.12. The molecule has 2 nitrogen and oxygen atoms in total. The summed E-state index contributed by atoms with van der Waals surface area (Å²) < 4.78 is -0.542. The highest BCUT2D eigenvalue weighted by atomic mass is 32.2. The van der Waals surface area contributed by atoms with Gasteiger partial charge in [-0.1, -0.05) is 6.92 Å². The van der Waals surface area contributed by atoms with Crippen LogP contribution in [0.4, 0.5) is 0 Å². The van der Waals surface area contributed by atoms with Crippen molar-refractivity contribution in [3.63, 3.8) is 0 Å². The molecule has 0 heterocycles. The number of hydrogen-bond acceptors (Lipinski definition) is 4. The van der Waals surface area contributed by atoms with Gasteiger partial charge in [0.15, 0.2) is 5.78 Å². The monoisotopic (exact) mass is 206 g/mol. The van der Waals surface area contributed by atoms with Crippen molar-refractivity contribution < 1.29 is 9.59 Å². The molecule has 0 amide bonds. The lowest BCUT2D eigenvalue weighted by atomic mass is 10.1. The Morgan fingerprint density at radius 2 is 1.75 bits per heavy atom. The highest BCUT2D eigenvalue weighted by Crippen LogP contribution is 2.07. The lowest BCUT2D eigenvalue weighted by molar-refractivity contribution is -0.123. The summed E-state index contributed by atoms with van der Waals surface area (Å²) in [6.45, 7) is 1.94. The average Bonchev–Trinajstić information content (AvgIpc) is 2.00. The van der Waals surface area contributed by atoms with Crippen LogP contribution in [0, 0.1) is 0 Å². The Kier molecular flexibility index (Phi) is 6.57. The van der Waals surface area contributed by atoms with Crippen molar-refractivity contribution in [1.82, 2.24) is 0 Å². The first kappa shape index (κ1) is 12.0. The summed E-state index contributed by atoms with van der Waals surface area (Å²) in [5.41, 5.74) is 0. The molecule has 0 aromatic rings. The van der Waals surface area contributed by atoms with Gasteiger partial charge in [0.05, 0.1) is 0 Å². The molecule has 4 heteroatoms. The van der Waals surface area contributed by atoms with Crippen LogP contribution in [0.3, 0.4) is 0 Å². The molecule has 0 aromatic carbocycles. The fraction of sp³-hybridized carbons (Fsp3) is 0.750. The Hall–Kier alpha value is 0.0400. The largest absolute Gasteiger partial charge is 0.300 e. The van der Waals surface area contributed by atoms with Crippen LogP contribution in [-0.2, 0) is 9.59 Å². The summed E-state index contributed by atoms with van der Waals surface area (Å²) in [7, 11) is 0. The molecule has 0 saturated carbocycles. The Bertz CT molecular complexity index is 166. The molecule has 0 rings (SSSR count). The third kappa shape index (κ3) is 5.66. The van der Waals surface area contributed by atoms with Crippen LogP contribution >= 0.6 is 25.3 Å². The van der Waals surface area contributed by atoms with Gasteiger partial charge in [0.1, 0.15) is 10.4 Å². The summed E-state index contributed by atoms with van der Waals surface area (Å²) in [6, 6.07) is 0. The van der Waals surface area contributed by atoms with Gasteiger partial charge in [-0.15, -0.1) is 0 Å². The maximum Gasteiger partial charge on any atom is 0.155 e. The van der Waals surface area contributed by atoms with E-state index in [1.807, 2.05) is 6.92 Å². The molecule has 0 aliphatic rings. The molecular weight excluding hydrogens is 192 g/mol. The van der Waals surface area contributed by atoms with Crippen LogP contribution in [0.25, 0.3) is 0 Å². The fourth-order valence-corrected chi connectivity index (χ4v) is 1.05. The first-order valence-corrected chi connectivity index (χ1v) is 5.01. The number of ketones is 2. The summed E-state index contributed by atoms with van der Waals surface area (Å²) in [4.78, 5) is 21.9. The van der Waals surface area contributed by atoms with Crippen LogP contribution in [0.15, 0.2) is 0 Å². The van der Waals surface area contributed by atoms with Crippen molar-refractivity contribution in [1.29, 1.82) is 0 Å². The normalized spacial score (nSPS) is 10.3. The number of carbonyl (C=O) groups is 2. The molecule has 0 saturated heterocycles. The number of carbonyl (C=O) groups excluding carboxylic acids is 2. The average molecular weight is 206 g/mol. The predicted molar refractivity (Wildman–Crippen MR) is 55.9 cm³/mol. The molecule has 0 N–H and O–H groups in total. The van der Waals surface area contributed by atoms with Gasteiger partial charge in [-0.25, -0.2) is 0 Å². The van der Waals surface area contributed by atoms with Crippen molar-refractivity contribution in [3.05, 3.63) is 0 Å². The summed E-state index contributed by atoms with van der Waals surface area (Å²) in [6.07, 6.45) is 2.02. The minimum Gasteiger partial charge on any atom is -0.300 e. The van der Waals surface area contributed by atoms with Crippen LogP contribution in [-0.4, -0.2) is 16.1 Å². The fourth-order valence-electron chi connectivity index (χ4n) is 0.796. The molecule has 0 fully saturated rings. The van der Waals surface area contributed by atoms with Crippen LogP contribution < -0.4 is 0 Å². The molecule has 0 radical (unpaired) electrons. The van der Waals surface area contributed by atoms with Crippen molar-refractivity contribution >= 4 is 36.8 Å². The highest BCUT2D eigenvalue weighted by molar-refractivity contribution is 8.00. The van der Waals surface area contributed by atoms with E-state index in [9.17, 15) is 9.59 Å². The second-order valence-corrected chi connectivity index (χ2v) is 4.07. The maximum atomic E-state index is 11.0. The SMILES string of the molecule is CCCC(=O)CCC(=O)C(S)S. The highest BCUT2D eigenvalue weighted by Gasteiger charge is 2.10. The molecular formula is C8H14O2S2. The minimum absolute atomic E-state index is 0.0777. The number of hydrogen-bond donors (Lipinski definition) is 2. The third-order valence-corrected chi connectivity index (χ3v) is 2.04. The van der Waals surface area contributed by atoms with E-state index in [0.29, 0.717) is 12.8 Å². The zero-order chi connectivity index (χ0) is 9.56. The van der Waals surface area contributed by atoms with Gasteiger partial charge in [-0.2, -0.15) is 25.3 Å². The van der Waals surface area contributed by atoms with Gasteiger partial charge < -0.3 is 0 Å². The Balaban J connectivity index is 3.54. The molecule has 0 aliphatic heterocycles. The molecule has 0 spiro atoms. The van der Waals surface area contributed by atoms with Crippen LogP contribution in [0.1, 0.15) is 32.6 Å². The Morgan fingerprint density at radius 3 is 2.17 bits per heavy atom. The van der Waals surface area contributed by atoms with Gasteiger partial charge in [0, 0.05) is 19.3 Å². The summed E-state index contributed by atoms with van der Waals surface area (Å²) >= 11 is 7.70. The van der Waals surface area contributed by atoms with E-state index in [0.717, 1.165) is 6.42 Å². The molecule has 0 aliphatic carbocycles. The molecule has 12 heavy (non-hydrogen) atoms. The van der Waals surface area contributed by atoms with Gasteiger partial charge in [0.2, 0.25) is 0 Å². The lowest BCUT2D eigenvalue weighted by Crippen LogP contribution is -2.10. The summed E-state index contributed by atoms with van der Waals surface area (Å²) in [5, 5.41) is 0. The molecule has 70 valence electrons. The summed E-state index contributed by atoms with van der Waals surface area (Å²) in [5.74, 6) is 0.0688. The molecule has 0 atom stereocenters. The van der Waals surface area contributed by atoms with Gasteiger partial charge in [0.25, 0.3) is 0 Å². The topological polar surface area (TPSA) is 34.1 Å². The Morgan fingerprint density at radius 1 is 1.17 bits per heavy atom. The molecule has 0 aromatic heterocycles. The Labute approximate surface area is 83.9 Å². The molecule has 0 unspecified atom stereocenters. The number of Topliss-reactive ketones (excluding diaryl/α,β-unsaturated/α-hetero) is 2. The molecule has 0 bridgehead atoms. The number of rotatable bonds is 6. The van der Waals surface area contributed by atoms with E-state index in [1.165, 1.54) is 0 Å². The van der Waals surface area contributed by atoms with E-state index in [1.54, 1.807) is 0 Å². The van der Waals surface area contributed by atoms with Crippen molar-refractivity contribution in [2.75, 3.05) is 0 Å². The lowest BCUT2D eigenvalue weighted by Gasteiger charge is -2.01. The maximum absolute atomic E-state index is 11.0. The van der Waals surface area contributed by atoms with Crippen molar-refractivity contribution in [2.45, 2.75) is 37.2 Å². The first-order chi connectivity index (χ1) is 5.57. The standard InChI is InChI=1S/C8H14O2S2/c1-2-3-6(9)4-5-7(10)8(11)12/h8,11-12H,2-5H2,1H3. The predicted octanol–water partition coefficient (Wildman–Crippen LogP) is 1.89. The second-order valence-electron chi connectivity index (χ2n) is 2.63. The van der Waals surface area contributed by atoms with Crippen LogP contribution in [0.2, 0.25) is 0 Å². The smallest absolute Gasteiger partial charge is 0.155 e. The first-order valence-electron chi connectivity index (χ1n) is 3.98. The van der Waals surface area contributed by atoms with E-state index in [4.69, 9.17) is 0 Å². The zero-order valence-corrected chi connectivity index (χ0v) is 8.91. The van der Waals surface area contributed by atoms with E-state index in [2.05, 4.69) is 25.3 Å². The minimum atomic E-state index is -0.542. The van der Waals surface area contributed by atoms with Crippen LogP contribution in [0.5, 0.6) is 0 Å². The van der Waals surface area contributed by atoms with Crippen molar-refractivity contribution in [2.24, 2.45) is 0 Å². The van der Waals surface area contributed by atoms with Gasteiger partial charge in [-0.05, 0) is 6.42 Å². The van der Waals surface area contributed by atoms with E-state index in [-0.39, 0.29) is 18.0 Å². The van der Waals surface area contributed by atoms with Gasteiger partial charge in [-0.3, -0.25) is 9.59 Å². The van der Waals surface area contributed by atoms with Gasteiger partial charge >= 0.3 is 0 Å².